The summed E-state index contributed by atoms with van der Waals surface area (Å²) in [4.78, 5) is 10.2. The zero-order chi connectivity index (χ0) is 8.85. The molecule has 0 rings (SSSR count). The Bertz CT molecular complexity index is 167. The summed E-state index contributed by atoms with van der Waals surface area (Å²) in [5.74, 6) is -1.02. The number of hydrogen-bond acceptors (Lipinski definition) is 2. The van der Waals surface area contributed by atoms with E-state index in [1.165, 1.54) is 6.92 Å². The fourth-order valence-corrected chi connectivity index (χ4v) is 0.433. The monoisotopic (exact) mass is 198 g/mol. The number of carboxylic acid groups (broad SMARTS) is 1. The number of hydrogen-bond donors (Lipinski definition) is 1. The van der Waals surface area contributed by atoms with Crippen molar-refractivity contribution in [3.63, 3.8) is 0 Å². The van der Waals surface area contributed by atoms with E-state index < -0.39 is 12.1 Å². The summed E-state index contributed by atoms with van der Waals surface area (Å²) in [5, 5.41) is 8.62. The fourth-order valence-electron chi connectivity index (χ4n) is 0.307. The summed E-state index contributed by atoms with van der Waals surface area (Å²) in [6.45, 7) is 1.44. The molecule has 64 valence electrons. The van der Waals surface area contributed by atoms with E-state index in [2.05, 4.69) is 0 Å². The standard InChI is InChI=1S/C6H8Cl2O3/c1-4(6(9)10)11-3-5(8)2-7/h2,4H,3H2,1H3,(H,9,10)/t4-/m0/s1. The molecular weight excluding hydrogens is 191 g/mol. The van der Waals surface area contributed by atoms with E-state index in [4.69, 9.17) is 33.0 Å². The van der Waals surface area contributed by atoms with Crippen LogP contribution in [-0.4, -0.2) is 23.8 Å². The van der Waals surface area contributed by atoms with E-state index in [1.54, 1.807) is 0 Å². The first kappa shape index (κ1) is 10.8. The molecule has 0 amide bonds. The highest BCUT2D eigenvalue weighted by atomic mass is 35.5. The fraction of sp³-hybridized carbons (Fsp3) is 0.500. The Morgan fingerprint density at radius 2 is 2.36 bits per heavy atom. The van der Waals surface area contributed by atoms with Crippen LogP contribution in [0.15, 0.2) is 10.6 Å². The Morgan fingerprint density at radius 1 is 1.82 bits per heavy atom. The molecule has 0 aliphatic rings. The number of carboxylic acids is 1. The van der Waals surface area contributed by atoms with Gasteiger partial charge in [0, 0.05) is 5.54 Å². The van der Waals surface area contributed by atoms with Crippen LogP contribution in [0, 0.1) is 0 Å². The molecule has 0 aromatic rings. The molecule has 1 N–H and O–H groups in total. The average molecular weight is 199 g/mol. The van der Waals surface area contributed by atoms with Crippen molar-refractivity contribution in [2.24, 2.45) is 0 Å². The molecule has 0 bridgehead atoms. The van der Waals surface area contributed by atoms with Crippen molar-refractivity contribution in [2.75, 3.05) is 6.61 Å². The molecule has 1 atom stereocenters. The van der Waals surface area contributed by atoms with Crippen molar-refractivity contribution < 1.29 is 14.6 Å². The molecule has 0 saturated heterocycles. The maximum Gasteiger partial charge on any atom is 0.332 e. The molecule has 0 spiro atoms. The van der Waals surface area contributed by atoms with Crippen molar-refractivity contribution in [1.82, 2.24) is 0 Å². The SMILES string of the molecule is C[C@H](OCC(Cl)=CCl)C(=O)O. The van der Waals surface area contributed by atoms with Crippen LogP contribution in [0.2, 0.25) is 0 Å². The van der Waals surface area contributed by atoms with Crippen LogP contribution in [0.5, 0.6) is 0 Å². The third kappa shape index (κ3) is 5.07. The van der Waals surface area contributed by atoms with Gasteiger partial charge >= 0.3 is 5.97 Å². The maximum atomic E-state index is 10.2. The topological polar surface area (TPSA) is 46.5 Å². The number of ether oxygens (including phenoxy) is 1. The summed E-state index contributed by atoms with van der Waals surface area (Å²) in [6.07, 6.45) is -0.861. The molecule has 0 aliphatic carbocycles. The van der Waals surface area contributed by atoms with Crippen LogP contribution >= 0.6 is 23.2 Å². The van der Waals surface area contributed by atoms with Gasteiger partial charge in [0.25, 0.3) is 0 Å². The van der Waals surface area contributed by atoms with Gasteiger partial charge in [0.1, 0.15) is 0 Å². The largest absolute Gasteiger partial charge is 0.479 e. The quantitative estimate of drug-likeness (QED) is 0.750. The second-order valence-electron chi connectivity index (χ2n) is 1.85. The Labute approximate surface area is 74.6 Å². The highest BCUT2D eigenvalue weighted by Gasteiger charge is 2.10. The summed E-state index contributed by atoms with van der Waals surface area (Å²) in [7, 11) is 0. The lowest BCUT2D eigenvalue weighted by Gasteiger charge is -2.06. The van der Waals surface area contributed by atoms with Crippen LogP contribution < -0.4 is 0 Å². The first-order valence-electron chi connectivity index (χ1n) is 2.87. The van der Waals surface area contributed by atoms with E-state index in [9.17, 15) is 4.79 Å². The number of carbonyl (C=O) groups is 1. The molecule has 0 aromatic carbocycles. The Hall–Kier alpha value is -0.250. The summed E-state index contributed by atoms with van der Waals surface area (Å²) >= 11 is 10.6. The minimum Gasteiger partial charge on any atom is -0.479 e. The van der Waals surface area contributed by atoms with Gasteiger partial charge in [0.15, 0.2) is 6.10 Å². The Morgan fingerprint density at radius 3 is 2.73 bits per heavy atom. The van der Waals surface area contributed by atoms with E-state index in [0.29, 0.717) is 0 Å². The molecular formula is C6H8Cl2O3. The molecule has 0 aliphatic heterocycles. The number of halogens is 2. The Balaban J connectivity index is 3.62. The van der Waals surface area contributed by atoms with Crippen molar-refractivity contribution >= 4 is 29.2 Å². The molecule has 0 aromatic heterocycles. The van der Waals surface area contributed by atoms with Crippen LogP contribution in [0.3, 0.4) is 0 Å². The molecule has 11 heavy (non-hydrogen) atoms. The summed E-state index contributed by atoms with van der Waals surface area (Å²) in [5.41, 5.74) is 1.14. The minimum absolute atomic E-state index is 0.0263. The van der Waals surface area contributed by atoms with Gasteiger partial charge in [-0.05, 0) is 6.92 Å². The van der Waals surface area contributed by atoms with Crippen molar-refractivity contribution in [3.8, 4) is 0 Å². The van der Waals surface area contributed by atoms with E-state index in [1.807, 2.05) is 0 Å². The van der Waals surface area contributed by atoms with Crippen molar-refractivity contribution in [2.45, 2.75) is 13.0 Å². The molecule has 0 unspecified atom stereocenters. The molecule has 0 radical (unpaired) electrons. The highest BCUT2D eigenvalue weighted by molar-refractivity contribution is 6.36. The third-order valence-electron chi connectivity index (χ3n) is 0.937. The second kappa shape index (κ2) is 5.41. The first-order chi connectivity index (χ1) is 5.07. The van der Waals surface area contributed by atoms with Gasteiger partial charge in [-0.25, -0.2) is 4.79 Å². The Kier molecular flexibility index (Phi) is 5.28. The number of rotatable bonds is 4. The predicted octanol–water partition coefficient (Wildman–Crippen LogP) is 1.80. The smallest absolute Gasteiger partial charge is 0.332 e. The first-order valence-corrected chi connectivity index (χ1v) is 3.68. The average Bonchev–Trinajstić information content (AvgIpc) is 1.99. The minimum atomic E-state index is -1.02. The lowest BCUT2D eigenvalue weighted by atomic mass is 10.4. The van der Waals surface area contributed by atoms with Gasteiger partial charge < -0.3 is 9.84 Å². The van der Waals surface area contributed by atoms with Gasteiger partial charge in [-0.1, -0.05) is 23.2 Å². The molecule has 0 saturated carbocycles. The van der Waals surface area contributed by atoms with Crippen LogP contribution in [0.4, 0.5) is 0 Å². The van der Waals surface area contributed by atoms with E-state index in [0.717, 1.165) is 5.54 Å². The van der Waals surface area contributed by atoms with Gasteiger partial charge in [-0.2, -0.15) is 0 Å². The third-order valence-corrected chi connectivity index (χ3v) is 1.53. The van der Waals surface area contributed by atoms with Crippen LogP contribution in [-0.2, 0) is 9.53 Å². The van der Waals surface area contributed by atoms with E-state index >= 15 is 0 Å². The maximum absolute atomic E-state index is 10.2. The zero-order valence-corrected chi connectivity index (χ0v) is 7.39. The molecule has 0 fully saturated rings. The molecule has 0 heterocycles. The number of aliphatic carboxylic acids is 1. The van der Waals surface area contributed by atoms with Gasteiger partial charge in [0.2, 0.25) is 0 Å². The predicted molar refractivity (Wildman–Crippen MR) is 42.8 cm³/mol. The lowest BCUT2D eigenvalue weighted by Crippen LogP contribution is -2.20. The van der Waals surface area contributed by atoms with Crippen molar-refractivity contribution in [1.29, 1.82) is 0 Å². The summed E-state index contributed by atoms with van der Waals surface area (Å²) < 4.78 is 4.77. The van der Waals surface area contributed by atoms with Gasteiger partial charge in [-0.15, -0.1) is 0 Å². The van der Waals surface area contributed by atoms with Crippen LogP contribution in [0.1, 0.15) is 6.92 Å². The lowest BCUT2D eigenvalue weighted by molar-refractivity contribution is -0.148. The van der Waals surface area contributed by atoms with Gasteiger partial charge in [0.05, 0.1) is 11.6 Å². The molecule has 5 heteroatoms. The molecule has 3 nitrogen and oxygen atoms in total. The zero-order valence-electron chi connectivity index (χ0n) is 5.88. The summed E-state index contributed by atoms with van der Waals surface area (Å²) in [6, 6.07) is 0. The highest BCUT2D eigenvalue weighted by Crippen LogP contribution is 2.04. The van der Waals surface area contributed by atoms with Crippen LogP contribution in [0.25, 0.3) is 0 Å². The van der Waals surface area contributed by atoms with Gasteiger partial charge in [-0.3, -0.25) is 0 Å². The second-order valence-corrected chi connectivity index (χ2v) is 2.55. The van der Waals surface area contributed by atoms with E-state index in [-0.39, 0.29) is 11.6 Å². The normalized spacial score (nSPS) is 14.6. The van der Waals surface area contributed by atoms with Crippen molar-refractivity contribution in [3.05, 3.63) is 10.6 Å².